The maximum atomic E-state index is 11.7. The van der Waals surface area contributed by atoms with Crippen LogP contribution in [0.25, 0.3) is 0 Å². The molecular weight excluding hydrogens is 264 g/mol. The van der Waals surface area contributed by atoms with Gasteiger partial charge in [-0.05, 0) is 12.8 Å². The fraction of sp³-hybridized carbons (Fsp3) is 0.900. The van der Waals surface area contributed by atoms with Gasteiger partial charge in [0.2, 0.25) is 15.9 Å². The molecule has 0 aromatic rings. The summed E-state index contributed by atoms with van der Waals surface area (Å²) in [5.74, 6) is 0.0998. The summed E-state index contributed by atoms with van der Waals surface area (Å²) in [6.07, 6.45) is 3.06. The molecule has 0 radical (unpaired) electrons. The van der Waals surface area contributed by atoms with Crippen LogP contribution in [-0.2, 0) is 14.8 Å². The van der Waals surface area contributed by atoms with Crippen molar-refractivity contribution in [2.45, 2.75) is 30.7 Å². The Balaban J connectivity index is 1.94. The van der Waals surface area contributed by atoms with Gasteiger partial charge in [-0.15, -0.1) is 11.6 Å². The van der Waals surface area contributed by atoms with E-state index in [1.807, 2.05) is 4.90 Å². The summed E-state index contributed by atoms with van der Waals surface area (Å²) >= 11 is 5.95. The van der Waals surface area contributed by atoms with Gasteiger partial charge in [0.25, 0.3) is 0 Å². The molecule has 0 saturated carbocycles. The first-order chi connectivity index (χ1) is 7.88. The summed E-state index contributed by atoms with van der Waals surface area (Å²) in [5.41, 5.74) is 0. The van der Waals surface area contributed by atoms with Crippen LogP contribution in [0.4, 0.5) is 0 Å². The number of nitrogens with zero attached hydrogens (tertiary/aromatic N) is 2. The zero-order chi connectivity index (χ0) is 12.6. The van der Waals surface area contributed by atoms with Crippen LogP contribution in [0.1, 0.15) is 19.3 Å². The van der Waals surface area contributed by atoms with E-state index in [0.29, 0.717) is 38.9 Å². The van der Waals surface area contributed by atoms with Gasteiger partial charge in [-0.2, -0.15) is 0 Å². The van der Waals surface area contributed by atoms with Crippen molar-refractivity contribution in [3.8, 4) is 0 Å². The zero-order valence-electron chi connectivity index (χ0n) is 9.80. The summed E-state index contributed by atoms with van der Waals surface area (Å²) in [4.78, 5) is 13.5. The standard InChI is InChI=1S/C10H17ClN2O3S/c1-17(15,16)12-4-2-9(3-5-12)13-7-8(11)6-10(13)14/h8-9H,2-7H2,1H3. The highest BCUT2D eigenvalue weighted by Crippen LogP contribution is 2.25. The number of alkyl halides is 1. The van der Waals surface area contributed by atoms with Crippen molar-refractivity contribution in [1.29, 1.82) is 0 Å². The van der Waals surface area contributed by atoms with E-state index in [9.17, 15) is 13.2 Å². The van der Waals surface area contributed by atoms with E-state index in [4.69, 9.17) is 11.6 Å². The summed E-state index contributed by atoms with van der Waals surface area (Å²) in [7, 11) is -3.09. The maximum absolute atomic E-state index is 11.7. The topological polar surface area (TPSA) is 57.7 Å². The summed E-state index contributed by atoms with van der Waals surface area (Å²) in [6.45, 7) is 1.60. The fourth-order valence-corrected chi connectivity index (χ4v) is 3.68. The molecule has 1 atom stereocenters. The van der Waals surface area contributed by atoms with Crippen molar-refractivity contribution < 1.29 is 13.2 Å². The molecule has 0 aromatic carbocycles. The summed E-state index contributed by atoms with van der Waals surface area (Å²) in [5, 5.41) is -0.0876. The number of amides is 1. The highest BCUT2D eigenvalue weighted by atomic mass is 35.5. The number of carbonyl (C=O) groups excluding carboxylic acids is 1. The van der Waals surface area contributed by atoms with Crippen LogP contribution < -0.4 is 0 Å². The third-order valence-corrected chi connectivity index (χ3v) is 5.04. The molecule has 5 nitrogen and oxygen atoms in total. The summed E-state index contributed by atoms with van der Waals surface area (Å²) < 4.78 is 24.2. The van der Waals surface area contributed by atoms with Crippen molar-refractivity contribution in [1.82, 2.24) is 9.21 Å². The molecule has 2 heterocycles. The smallest absolute Gasteiger partial charge is 0.224 e. The van der Waals surface area contributed by atoms with Gasteiger partial charge in [-0.3, -0.25) is 4.79 Å². The maximum Gasteiger partial charge on any atom is 0.224 e. The van der Waals surface area contributed by atoms with E-state index in [1.165, 1.54) is 10.6 Å². The van der Waals surface area contributed by atoms with Crippen LogP contribution in [0.5, 0.6) is 0 Å². The number of rotatable bonds is 2. The molecule has 0 bridgehead atoms. The molecular formula is C10H17ClN2O3S. The van der Waals surface area contributed by atoms with E-state index in [0.717, 1.165) is 0 Å². The van der Waals surface area contributed by atoms with Crippen LogP contribution in [0.2, 0.25) is 0 Å². The largest absolute Gasteiger partial charge is 0.338 e. The monoisotopic (exact) mass is 280 g/mol. The Kier molecular flexibility index (Phi) is 3.66. The van der Waals surface area contributed by atoms with Gasteiger partial charge < -0.3 is 4.90 Å². The second kappa shape index (κ2) is 4.74. The zero-order valence-corrected chi connectivity index (χ0v) is 11.4. The van der Waals surface area contributed by atoms with Crippen LogP contribution >= 0.6 is 11.6 Å². The third-order valence-electron chi connectivity index (χ3n) is 3.44. The normalized spacial score (nSPS) is 28.9. The Morgan fingerprint density at radius 1 is 1.29 bits per heavy atom. The van der Waals surface area contributed by atoms with Crippen molar-refractivity contribution in [2.24, 2.45) is 0 Å². The number of hydrogen-bond acceptors (Lipinski definition) is 3. The molecule has 2 aliphatic heterocycles. The van der Waals surface area contributed by atoms with Crippen LogP contribution in [-0.4, -0.2) is 60.8 Å². The first-order valence-corrected chi connectivity index (χ1v) is 8.05. The lowest BCUT2D eigenvalue weighted by molar-refractivity contribution is -0.130. The quantitative estimate of drug-likeness (QED) is 0.682. The van der Waals surface area contributed by atoms with Gasteiger partial charge in [0, 0.05) is 32.1 Å². The highest BCUT2D eigenvalue weighted by Gasteiger charge is 2.36. The van der Waals surface area contributed by atoms with E-state index in [1.54, 1.807) is 0 Å². The molecule has 1 amide bonds. The minimum Gasteiger partial charge on any atom is -0.338 e. The molecule has 1 unspecified atom stereocenters. The second-order valence-electron chi connectivity index (χ2n) is 4.74. The average Bonchev–Trinajstić information content (AvgIpc) is 2.57. The van der Waals surface area contributed by atoms with Gasteiger partial charge >= 0.3 is 0 Å². The molecule has 98 valence electrons. The lowest BCUT2D eigenvalue weighted by Crippen LogP contribution is -2.47. The number of hydrogen-bond donors (Lipinski definition) is 0. The SMILES string of the molecule is CS(=O)(=O)N1CCC(N2CC(Cl)CC2=O)CC1. The Labute approximate surface area is 107 Å². The Bertz CT molecular complexity index is 404. The first-order valence-electron chi connectivity index (χ1n) is 5.76. The molecule has 2 saturated heterocycles. The molecule has 2 aliphatic rings. The predicted octanol–water partition coefficient (Wildman–Crippen LogP) is 0.250. The van der Waals surface area contributed by atoms with E-state index in [2.05, 4.69) is 0 Å². The highest BCUT2D eigenvalue weighted by molar-refractivity contribution is 7.88. The Morgan fingerprint density at radius 2 is 1.88 bits per heavy atom. The molecule has 0 aromatic heterocycles. The number of carbonyl (C=O) groups is 1. The lowest BCUT2D eigenvalue weighted by Gasteiger charge is -2.35. The molecule has 2 fully saturated rings. The van der Waals surface area contributed by atoms with E-state index < -0.39 is 10.0 Å². The lowest BCUT2D eigenvalue weighted by atomic mass is 10.1. The van der Waals surface area contributed by atoms with Crippen LogP contribution in [0.15, 0.2) is 0 Å². The molecule has 0 spiro atoms. The van der Waals surface area contributed by atoms with Gasteiger partial charge in [-0.25, -0.2) is 12.7 Å². The molecule has 0 aliphatic carbocycles. The average molecular weight is 281 g/mol. The van der Waals surface area contributed by atoms with Gasteiger partial charge in [0.1, 0.15) is 0 Å². The number of piperidine rings is 1. The molecule has 0 N–H and O–H groups in total. The number of sulfonamides is 1. The van der Waals surface area contributed by atoms with E-state index >= 15 is 0 Å². The fourth-order valence-electron chi connectivity index (χ4n) is 2.52. The molecule has 7 heteroatoms. The minimum absolute atomic E-state index is 0.0876. The molecule has 2 rings (SSSR count). The second-order valence-corrected chi connectivity index (χ2v) is 7.34. The van der Waals surface area contributed by atoms with Gasteiger partial charge in [0.05, 0.1) is 11.6 Å². The van der Waals surface area contributed by atoms with Gasteiger partial charge in [-0.1, -0.05) is 0 Å². The van der Waals surface area contributed by atoms with E-state index in [-0.39, 0.29) is 17.3 Å². The number of halogens is 1. The Morgan fingerprint density at radius 3 is 2.29 bits per heavy atom. The van der Waals surface area contributed by atoms with Crippen molar-refractivity contribution in [3.05, 3.63) is 0 Å². The summed E-state index contributed by atoms with van der Waals surface area (Å²) in [6, 6.07) is 0.157. The predicted molar refractivity (Wildman–Crippen MR) is 65.4 cm³/mol. The van der Waals surface area contributed by atoms with Crippen molar-refractivity contribution in [2.75, 3.05) is 25.9 Å². The number of likely N-dealkylation sites (tertiary alicyclic amines) is 1. The minimum atomic E-state index is -3.09. The van der Waals surface area contributed by atoms with Crippen LogP contribution in [0.3, 0.4) is 0 Å². The van der Waals surface area contributed by atoms with Crippen molar-refractivity contribution >= 4 is 27.5 Å². The third kappa shape index (κ3) is 2.92. The van der Waals surface area contributed by atoms with Gasteiger partial charge in [0.15, 0.2) is 0 Å². The molecule has 17 heavy (non-hydrogen) atoms. The first kappa shape index (κ1) is 13.1. The van der Waals surface area contributed by atoms with Crippen LogP contribution in [0, 0.1) is 0 Å². The Hall–Kier alpha value is -0.330. The van der Waals surface area contributed by atoms with Crippen molar-refractivity contribution in [3.63, 3.8) is 0 Å².